The molecule has 0 aliphatic heterocycles. The minimum absolute atomic E-state index is 0.240. The van der Waals surface area contributed by atoms with E-state index in [0.29, 0.717) is 0 Å². The molecule has 2 rings (SSSR count). The smallest absolute Gasteiger partial charge is 0.0540 e. The van der Waals surface area contributed by atoms with Crippen LogP contribution in [-0.2, 0) is 13.5 Å². The Labute approximate surface area is 59.8 Å². The molecule has 1 aliphatic carbocycles. The lowest BCUT2D eigenvalue weighted by Crippen LogP contribution is -2.03. The van der Waals surface area contributed by atoms with Crippen molar-refractivity contribution >= 4 is 0 Å². The number of rotatable bonds is 0. The lowest BCUT2D eigenvalue weighted by Gasteiger charge is -1.96. The van der Waals surface area contributed by atoms with Crippen LogP contribution in [0.2, 0.25) is 0 Å². The van der Waals surface area contributed by atoms with Gasteiger partial charge in [0, 0.05) is 24.3 Å². The maximum absolute atomic E-state index is 5.81. The molecule has 54 valence electrons. The molecule has 0 amide bonds. The number of aryl methyl sites for hydroxylation is 1. The molecule has 2 N–H and O–H groups in total. The fourth-order valence-electron chi connectivity index (χ4n) is 1.54. The van der Waals surface area contributed by atoms with Crippen LogP contribution in [0.25, 0.3) is 0 Å². The van der Waals surface area contributed by atoms with E-state index in [-0.39, 0.29) is 6.04 Å². The van der Waals surface area contributed by atoms with Gasteiger partial charge >= 0.3 is 0 Å². The van der Waals surface area contributed by atoms with Crippen molar-refractivity contribution in [2.75, 3.05) is 0 Å². The molecule has 0 bridgehead atoms. The van der Waals surface area contributed by atoms with Gasteiger partial charge in [0.15, 0.2) is 0 Å². The van der Waals surface area contributed by atoms with Gasteiger partial charge in [-0.3, -0.25) is 4.68 Å². The number of hydrogen-bond acceptors (Lipinski definition) is 2. The summed E-state index contributed by atoms with van der Waals surface area (Å²) in [5.41, 5.74) is 8.36. The van der Waals surface area contributed by atoms with Crippen LogP contribution < -0.4 is 5.73 Å². The number of aromatic nitrogens is 2. The van der Waals surface area contributed by atoms with Crippen molar-refractivity contribution in [3.63, 3.8) is 0 Å². The largest absolute Gasteiger partial charge is 0.324 e. The van der Waals surface area contributed by atoms with Gasteiger partial charge in [0.2, 0.25) is 0 Å². The maximum atomic E-state index is 5.81. The molecule has 3 heteroatoms. The third-order valence-electron chi connectivity index (χ3n) is 2.19. The van der Waals surface area contributed by atoms with Crippen molar-refractivity contribution in [2.45, 2.75) is 18.9 Å². The molecule has 1 atom stereocenters. The average Bonchev–Trinajstić information content (AvgIpc) is 2.41. The summed E-state index contributed by atoms with van der Waals surface area (Å²) in [6, 6.07) is 0.240. The van der Waals surface area contributed by atoms with Crippen LogP contribution >= 0.6 is 0 Å². The number of hydrogen-bond donors (Lipinski definition) is 1. The molecule has 0 unspecified atom stereocenters. The molecule has 0 saturated carbocycles. The summed E-state index contributed by atoms with van der Waals surface area (Å²) in [6.07, 6.45) is 4.06. The second-order valence-corrected chi connectivity index (χ2v) is 2.82. The van der Waals surface area contributed by atoms with E-state index >= 15 is 0 Å². The zero-order chi connectivity index (χ0) is 7.14. The minimum Gasteiger partial charge on any atom is -0.324 e. The predicted octanol–water partition coefficient (Wildman–Crippen LogP) is 0.366. The maximum Gasteiger partial charge on any atom is 0.0540 e. The van der Waals surface area contributed by atoms with E-state index in [2.05, 4.69) is 5.10 Å². The Morgan fingerprint density at radius 2 is 2.60 bits per heavy atom. The molecule has 10 heavy (non-hydrogen) atoms. The van der Waals surface area contributed by atoms with Crippen molar-refractivity contribution in [2.24, 2.45) is 12.8 Å². The first-order valence-corrected chi connectivity index (χ1v) is 3.55. The van der Waals surface area contributed by atoms with Gasteiger partial charge < -0.3 is 5.73 Å². The number of fused-ring (bicyclic) bond motifs is 1. The first kappa shape index (κ1) is 5.92. The molecule has 1 aromatic heterocycles. The Kier molecular flexibility index (Phi) is 1.08. The van der Waals surface area contributed by atoms with Crippen molar-refractivity contribution in [3.05, 3.63) is 17.5 Å². The SMILES string of the molecule is Cn1ncc2c1CC[C@H]2N. The monoisotopic (exact) mass is 137 g/mol. The van der Waals surface area contributed by atoms with Gasteiger partial charge in [-0.15, -0.1) is 0 Å². The first-order chi connectivity index (χ1) is 4.79. The highest BCUT2D eigenvalue weighted by Gasteiger charge is 2.21. The highest BCUT2D eigenvalue weighted by molar-refractivity contribution is 5.26. The molecule has 0 spiro atoms. The van der Waals surface area contributed by atoms with E-state index < -0.39 is 0 Å². The van der Waals surface area contributed by atoms with Gasteiger partial charge in [-0.2, -0.15) is 5.10 Å². The minimum atomic E-state index is 0.240. The Balaban J connectivity index is 2.53. The van der Waals surface area contributed by atoms with Crippen molar-refractivity contribution in [3.8, 4) is 0 Å². The van der Waals surface area contributed by atoms with Crippen molar-refractivity contribution in [1.29, 1.82) is 0 Å². The summed E-state index contributed by atoms with van der Waals surface area (Å²) in [5.74, 6) is 0. The van der Waals surface area contributed by atoms with Crippen LogP contribution in [0.15, 0.2) is 6.20 Å². The van der Waals surface area contributed by atoms with Gasteiger partial charge in [-0.25, -0.2) is 0 Å². The summed E-state index contributed by atoms with van der Waals surface area (Å²) < 4.78 is 1.92. The Morgan fingerprint density at radius 1 is 1.80 bits per heavy atom. The Hall–Kier alpha value is -0.830. The number of nitrogens with zero attached hydrogens (tertiary/aromatic N) is 2. The number of nitrogens with two attached hydrogens (primary N) is 1. The van der Waals surface area contributed by atoms with Crippen LogP contribution in [0, 0.1) is 0 Å². The molecule has 1 aliphatic rings. The molecule has 0 aromatic carbocycles. The van der Waals surface area contributed by atoms with Crippen LogP contribution in [-0.4, -0.2) is 9.78 Å². The third-order valence-corrected chi connectivity index (χ3v) is 2.19. The van der Waals surface area contributed by atoms with Crippen LogP contribution in [0.3, 0.4) is 0 Å². The fourth-order valence-corrected chi connectivity index (χ4v) is 1.54. The molecule has 1 heterocycles. The Morgan fingerprint density at radius 3 is 3.30 bits per heavy atom. The molecule has 3 nitrogen and oxygen atoms in total. The standard InChI is InChI=1S/C7H11N3/c1-10-7-3-2-6(8)5(7)4-9-10/h4,6H,2-3,8H2,1H3/t6-/m1/s1. The van der Waals surface area contributed by atoms with Crippen molar-refractivity contribution < 1.29 is 0 Å². The fraction of sp³-hybridized carbons (Fsp3) is 0.571. The summed E-state index contributed by atoms with van der Waals surface area (Å²) >= 11 is 0. The van der Waals surface area contributed by atoms with Crippen molar-refractivity contribution in [1.82, 2.24) is 9.78 Å². The van der Waals surface area contributed by atoms with Crippen LogP contribution in [0.4, 0.5) is 0 Å². The first-order valence-electron chi connectivity index (χ1n) is 3.55. The average molecular weight is 137 g/mol. The van der Waals surface area contributed by atoms with E-state index in [1.807, 2.05) is 17.9 Å². The lowest BCUT2D eigenvalue weighted by atomic mass is 10.2. The summed E-state index contributed by atoms with van der Waals surface area (Å²) in [6.45, 7) is 0. The predicted molar refractivity (Wildman–Crippen MR) is 38.5 cm³/mol. The Bertz CT molecular complexity index is 251. The van der Waals surface area contributed by atoms with Crippen LogP contribution in [0.5, 0.6) is 0 Å². The van der Waals surface area contributed by atoms with E-state index in [9.17, 15) is 0 Å². The van der Waals surface area contributed by atoms with Gasteiger partial charge in [0.05, 0.1) is 6.20 Å². The van der Waals surface area contributed by atoms with E-state index in [1.165, 1.54) is 11.3 Å². The topological polar surface area (TPSA) is 43.8 Å². The highest BCUT2D eigenvalue weighted by Crippen LogP contribution is 2.27. The van der Waals surface area contributed by atoms with Gasteiger partial charge in [-0.05, 0) is 12.8 Å². The normalized spacial score (nSPS) is 23.2. The van der Waals surface area contributed by atoms with Gasteiger partial charge in [-0.1, -0.05) is 0 Å². The zero-order valence-corrected chi connectivity index (χ0v) is 6.04. The molecule has 0 fully saturated rings. The van der Waals surface area contributed by atoms with Gasteiger partial charge in [0.1, 0.15) is 0 Å². The molecule has 0 saturated heterocycles. The summed E-state index contributed by atoms with van der Waals surface area (Å²) in [4.78, 5) is 0. The molecular formula is C7H11N3. The highest BCUT2D eigenvalue weighted by atomic mass is 15.3. The summed E-state index contributed by atoms with van der Waals surface area (Å²) in [7, 11) is 1.97. The second kappa shape index (κ2) is 1.83. The molecule has 0 radical (unpaired) electrons. The summed E-state index contributed by atoms with van der Waals surface area (Å²) in [5, 5.41) is 4.13. The van der Waals surface area contributed by atoms with E-state index in [1.54, 1.807) is 0 Å². The second-order valence-electron chi connectivity index (χ2n) is 2.82. The van der Waals surface area contributed by atoms with E-state index in [4.69, 9.17) is 5.73 Å². The quantitative estimate of drug-likeness (QED) is 0.561. The molecular weight excluding hydrogens is 126 g/mol. The molecule has 1 aromatic rings. The van der Waals surface area contributed by atoms with E-state index in [0.717, 1.165) is 12.8 Å². The zero-order valence-electron chi connectivity index (χ0n) is 6.04. The van der Waals surface area contributed by atoms with Gasteiger partial charge in [0.25, 0.3) is 0 Å². The third kappa shape index (κ3) is 0.609. The van der Waals surface area contributed by atoms with Crippen LogP contribution in [0.1, 0.15) is 23.7 Å². The lowest BCUT2D eigenvalue weighted by molar-refractivity contribution is 0.669.